The van der Waals surface area contributed by atoms with Crippen LogP contribution in [0.5, 0.6) is 0 Å². The molecule has 0 aliphatic carbocycles. The van der Waals surface area contributed by atoms with E-state index in [9.17, 15) is 9.59 Å². The van der Waals surface area contributed by atoms with Crippen LogP contribution in [0.3, 0.4) is 0 Å². The maximum atomic E-state index is 12.0. The van der Waals surface area contributed by atoms with E-state index in [0.717, 1.165) is 25.5 Å². The Labute approximate surface area is 136 Å². The summed E-state index contributed by atoms with van der Waals surface area (Å²) in [5.41, 5.74) is 1.76. The van der Waals surface area contributed by atoms with Gasteiger partial charge in [0.1, 0.15) is 0 Å². The minimum absolute atomic E-state index is 0.0239. The first-order chi connectivity index (χ1) is 9.95. The quantitative estimate of drug-likeness (QED) is 0.778. The number of carbonyl (C=O) groups excluding carboxylic acids is 2. The van der Waals surface area contributed by atoms with Crippen molar-refractivity contribution in [2.24, 2.45) is 0 Å². The van der Waals surface area contributed by atoms with E-state index in [0.29, 0.717) is 0 Å². The Morgan fingerprint density at radius 3 is 2.52 bits per heavy atom. The van der Waals surface area contributed by atoms with E-state index in [4.69, 9.17) is 0 Å². The first-order valence-corrected chi connectivity index (χ1v) is 8.22. The highest BCUT2D eigenvalue weighted by Gasteiger charge is 2.11. The molecule has 1 aromatic carbocycles. The van der Waals surface area contributed by atoms with E-state index in [-0.39, 0.29) is 24.5 Å². The van der Waals surface area contributed by atoms with E-state index in [1.807, 2.05) is 44.2 Å². The van der Waals surface area contributed by atoms with Crippen LogP contribution in [0.2, 0.25) is 0 Å². The van der Waals surface area contributed by atoms with Crippen LogP contribution in [0.15, 0.2) is 34.8 Å². The Kier molecular flexibility index (Phi) is 5.31. The molecular formula is C16H16BrNO2S. The third kappa shape index (κ3) is 4.51. The SMILES string of the molecule is Cc1ccc(C(=O)CCC(=O)Nc2ccc(Br)cc2C)s1. The number of thiophene rings is 1. The zero-order valence-corrected chi connectivity index (χ0v) is 14.3. The van der Waals surface area contributed by atoms with E-state index >= 15 is 0 Å². The molecule has 5 heteroatoms. The summed E-state index contributed by atoms with van der Waals surface area (Å²) in [6.45, 7) is 3.89. The molecule has 21 heavy (non-hydrogen) atoms. The first kappa shape index (κ1) is 15.9. The molecule has 0 spiro atoms. The number of nitrogens with one attached hydrogen (secondary N) is 1. The topological polar surface area (TPSA) is 46.2 Å². The molecule has 0 aliphatic heterocycles. The predicted molar refractivity (Wildman–Crippen MR) is 90.1 cm³/mol. The number of Topliss-reactive ketones (excluding diaryl/α,β-unsaturated/α-hetero) is 1. The van der Waals surface area contributed by atoms with Gasteiger partial charge in [0.25, 0.3) is 0 Å². The molecular weight excluding hydrogens is 350 g/mol. The molecule has 0 bridgehead atoms. The second-order valence-electron chi connectivity index (χ2n) is 4.84. The number of carbonyl (C=O) groups is 2. The summed E-state index contributed by atoms with van der Waals surface area (Å²) in [7, 11) is 0. The second kappa shape index (κ2) is 7.00. The fourth-order valence-electron chi connectivity index (χ4n) is 1.91. The van der Waals surface area contributed by atoms with E-state index in [2.05, 4.69) is 21.2 Å². The summed E-state index contributed by atoms with van der Waals surface area (Å²) in [6, 6.07) is 9.40. The van der Waals surface area contributed by atoms with Crippen molar-refractivity contribution in [3.8, 4) is 0 Å². The van der Waals surface area contributed by atoms with Gasteiger partial charge in [-0.25, -0.2) is 0 Å². The number of amides is 1. The van der Waals surface area contributed by atoms with Gasteiger partial charge in [0.05, 0.1) is 4.88 Å². The Bertz CT molecular complexity index is 679. The number of ketones is 1. The molecule has 0 radical (unpaired) electrons. The smallest absolute Gasteiger partial charge is 0.224 e. The largest absolute Gasteiger partial charge is 0.326 e. The molecule has 1 heterocycles. The molecule has 0 atom stereocenters. The van der Waals surface area contributed by atoms with Crippen LogP contribution in [0.25, 0.3) is 0 Å². The van der Waals surface area contributed by atoms with Gasteiger partial charge in [-0.1, -0.05) is 15.9 Å². The van der Waals surface area contributed by atoms with Crippen LogP contribution in [-0.2, 0) is 4.79 Å². The summed E-state index contributed by atoms with van der Waals surface area (Å²) < 4.78 is 0.973. The van der Waals surface area contributed by atoms with Crippen molar-refractivity contribution < 1.29 is 9.59 Å². The lowest BCUT2D eigenvalue weighted by atomic mass is 10.1. The third-order valence-corrected chi connectivity index (χ3v) is 4.59. The summed E-state index contributed by atoms with van der Waals surface area (Å²) in [6.07, 6.45) is 0.437. The average molecular weight is 366 g/mol. The molecule has 0 saturated carbocycles. The van der Waals surface area contributed by atoms with E-state index in [1.54, 1.807) is 0 Å². The molecule has 0 saturated heterocycles. The Morgan fingerprint density at radius 1 is 1.14 bits per heavy atom. The monoisotopic (exact) mass is 365 g/mol. The fourth-order valence-corrected chi connectivity index (χ4v) is 3.23. The predicted octanol–water partition coefficient (Wildman–Crippen LogP) is 4.73. The molecule has 2 rings (SSSR count). The lowest BCUT2D eigenvalue weighted by Gasteiger charge is -2.08. The highest BCUT2D eigenvalue weighted by atomic mass is 79.9. The molecule has 1 N–H and O–H groups in total. The standard InChI is InChI=1S/C16H16BrNO2S/c1-10-9-12(17)4-5-13(10)18-16(20)8-6-14(19)15-7-3-11(2)21-15/h3-5,7,9H,6,8H2,1-2H3,(H,18,20). The molecule has 1 amide bonds. The third-order valence-electron chi connectivity index (χ3n) is 3.06. The lowest BCUT2D eigenvalue weighted by molar-refractivity contribution is -0.116. The molecule has 0 aliphatic rings. The van der Waals surface area contributed by atoms with Crippen molar-refractivity contribution in [2.75, 3.05) is 5.32 Å². The van der Waals surface area contributed by atoms with Gasteiger partial charge in [-0.2, -0.15) is 0 Å². The Hall–Kier alpha value is -1.46. The van der Waals surface area contributed by atoms with Crippen molar-refractivity contribution in [1.29, 1.82) is 0 Å². The maximum Gasteiger partial charge on any atom is 0.224 e. The minimum Gasteiger partial charge on any atom is -0.326 e. The van der Waals surface area contributed by atoms with Crippen molar-refractivity contribution in [3.05, 3.63) is 50.1 Å². The number of rotatable bonds is 5. The average Bonchev–Trinajstić information content (AvgIpc) is 2.86. The summed E-state index contributed by atoms with van der Waals surface area (Å²) in [4.78, 5) is 25.7. The van der Waals surface area contributed by atoms with Gasteiger partial charge in [0.2, 0.25) is 5.91 Å². The molecule has 3 nitrogen and oxygen atoms in total. The van der Waals surface area contributed by atoms with Crippen molar-refractivity contribution in [2.45, 2.75) is 26.7 Å². The molecule has 2 aromatic rings. The normalized spacial score (nSPS) is 10.4. The number of halogens is 1. The maximum absolute atomic E-state index is 12.0. The van der Waals surface area contributed by atoms with Crippen LogP contribution < -0.4 is 5.32 Å². The van der Waals surface area contributed by atoms with E-state index in [1.165, 1.54) is 11.3 Å². The van der Waals surface area contributed by atoms with Gasteiger partial charge in [0.15, 0.2) is 5.78 Å². The van der Waals surface area contributed by atoms with Crippen LogP contribution >= 0.6 is 27.3 Å². The number of hydrogen-bond acceptors (Lipinski definition) is 3. The van der Waals surface area contributed by atoms with Crippen molar-refractivity contribution in [1.82, 2.24) is 0 Å². The number of hydrogen-bond donors (Lipinski definition) is 1. The minimum atomic E-state index is -0.137. The number of aryl methyl sites for hydroxylation is 2. The van der Waals surface area contributed by atoms with Crippen LogP contribution in [-0.4, -0.2) is 11.7 Å². The van der Waals surface area contributed by atoms with Crippen LogP contribution in [0.1, 0.15) is 33.0 Å². The van der Waals surface area contributed by atoms with Gasteiger partial charge >= 0.3 is 0 Å². The summed E-state index contributed by atoms with van der Waals surface area (Å²) >= 11 is 4.85. The van der Waals surface area contributed by atoms with Crippen LogP contribution in [0, 0.1) is 13.8 Å². The zero-order valence-electron chi connectivity index (χ0n) is 11.9. The second-order valence-corrected chi connectivity index (χ2v) is 7.04. The van der Waals surface area contributed by atoms with Gasteiger partial charge in [-0.05, 0) is 49.7 Å². The van der Waals surface area contributed by atoms with Gasteiger partial charge in [0, 0.05) is 27.9 Å². The summed E-state index contributed by atoms with van der Waals surface area (Å²) in [5.74, 6) is -0.113. The van der Waals surface area contributed by atoms with Gasteiger partial charge in [-0.15, -0.1) is 11.3 Å². The lowest BCUT2D eigenvalue weighted by Crippen LogP contribution is -2.14. The molecule has 110 valence electrons. The highest BCUT2D eigenvalue weighted by molar-refractivity contribution is 9.10. The van der Waals surface area contributed by atoms with Gasteiger partial charge < -0.3 is 5.32 Å². The summed E-state index contributed by atoms with van der Waals surface area (Å²) in [5, 5.41) is 2.84. The molecule has 0 unspecified atom stereocenters. The molecule has 0 fully saturated rings. The first-order valence-electron chi connectivity index (χ1n) is 6.61. The van der Waals surface area contributed by atoms with Crippen molar-refractivity contribution >= 4 is 44.6 Å². The fraction of sp³-hybridized carbons (Fsp3) is 0.250. The molecule has 1 aromatic heterocycles. The zero-order chi connectivity index (χ0) is 15.4. The number of benzene rings is 1. The van der Waals surface area contributed by atoms with E-state index < -0.39 is 0 Å². The Morgan fingerprint density at radius 2 is 1.90 bits per heavy atom. The van der Waals surface area contributed by atoms with Crippen LogP contribution in [0.4, 0.5) is 5.69 Å². The number of anilines is 1. The Balaban J connectivity index is 1.89. The highest BCUT2D eigenvalue weighted by Crippen LogP contribution is 2.21. The van der Waals surface area contributed by atoms with Crippen molar-refractivity contribution in [3.63, 3.8) is 0 Å². The van der Waals surface area contributed by atoms with Gasteiger partial charge in [-0.3, -0.25) is 9.59 Å².